The molecule has 0 bridgehead atoms. The van der Waals surface area contributed by atoms with Gasteiger partial charge >= 0.3 is 5.97 Å². The minimum absolute atomic E-state index is 0.0677. The molecule has 1 amide bonds. The Morgan fingerprint density at radius 2 is 2.08 bits per heavy atom. The van der Waals surface area contributed by atoms with E-state index in [9.17, 15) is 9.59 Å². The van der Waals surface area contributed by atoms with E-state index in [0.29, 0.717) is 12.2 Å². The van der Waals surface area contributed by atoms with Crippen molar-refractivity contribution in [1.29, 1.82) is 0 Å². The monoisotopic (exact) mass is 338 g/mol. The Labute approximate surface area is 147 Å². The lowest BCUT2D eigenvalue weighted by Crippen LogP contribution is -2.40. The number of carbonyl (C=O) groups excluding carboxylic acids is 2. The number of rotatable bonds is 3. The molecular formula is C20H22N2O3. The predicted molar refractivity (Wildman–Crippen MR) is 96.6 cm³/mol. The number of anilines is 1. The number of esters is 1. The van der Waals surface area contributed by atoms with E-state index in [1.807, 2.05) is 23.1 Å². The first-order chi connectivity index (χ1) is 12.0. The molecule has 0 fully saturated rings. The number of aryl methyl sites for hydroxylation is 1. The van der Waals surface area contributed by atoms with Gasteiger partial charge in [0.2, 0.25) is 5.91 Å². The van der Waals surface area contributed by atoms with Crippen LogP contribution in [-0.4, -0.2) is 29.5 Å². The number of amides is 1. The van der Waals surface area contributed by atoms with Gasteiger partial charge in [-0.25, -0.2) is 4.79 Å². The fourth-order valence-electron chi connectivity index (χ4n) is 3.29. The number of nitrogens with zero attached hydrogens (tertiary/aromatic N) is 2. The number of hydrogen-bond acceptors (Lipinski definition) is 4. The number of carbonyl (C=O) groups is 2. The Hall–Kier alpha value is -2.69. The van der Waals surface area contributed by atoms with Gasteiger partial charge in [0, 0.05) is 30.4 Å². The van der Waals surface area contributed by atoms with Crippen LogP contribution in [0, 0.1) is 0 Å². The highest BCUT2D eigenvalue weighted by molar-refractivity contribution is 5.94. The van der Waals surface area contributed by atoms with E-state index in [2.05, 4.69) is 18.0 Å². The van der Waals surface area contributed by atoms with Gasteiger partial charge in [0.05, 0.1) is 17.9 Å². The summed E-state index contributed by atoms with van der Waals surface area (Å²) in [6.45, 7) is 5.80. The van der Waals surface area contributed by atoms with Crippen molar-refractivity contribution in [2.75, 3.05) is 11.5 Å². The molecule has 0 radical (unpaired) electrons. The molecule has 5 nitrogen and oxygen atoms in total. The van der Waals surface area contributed by atoms with Crippen molar-refractivity contribution in [1.82, 2.24) is 4.98 Å². The molecule has 25 heavy (non-hydrogen) atoms. The maximum atomic E-state index is 12.0. The molecule has 130 valence electrons. The van der Waals surface area contributed by atoms with Gasteiger partial charge in [0.1, 0.15) is 0 Å². The minimum Gasteiger partial charge on any atom is -0.462 e. The molecule has 2 heterocycles. The first-order valence-electron chi connectivity index (χ1n) is 8.57. The van der Waals surface area contributed by atoms with E-state index < -0.39 is 0 Å². The molecule has 0 unspecified atom stereocenters. The Balaban J connectivity index is 1.90. The third-order valence-electron chi connectivity index (χ3n) is 4.52. The van der Waals surface area contributed by atoms with Crippen LogP contribution in [-0.2, 0) is 16.0 Å². The van der Waals surface area contributed by atoms with Gasteiger partial charge in [0.25, 0.3) is 0 Å². The highest BCUT2D eigenvalue weighted by atomic mass is 16.5. The van der Waals surface area contributed by atoms with E-state index in [1.54, 1.807) is 19.9 Å². The summed E-state index contributed by atoms with van der Waals surface area (Å²) in [5.74, 6) is -0.295. The van der Waals surface area contributed by atoms with Crippen molar-refractivity contribution in [2.45, 2.75) is 39.7 Å². The van der Waals surface area contributed by atoms with E-state index in [0.717, 1.165) is 35.3 Å². The Morgan fingerprint density at radius 1 is 1.28 bits per heavy atom. The zero-order valence-corrected chi connectivity index (χ0v) is 14.8. The van der Waals surface area contributed by atoms with E-state index in [-0.39, 0.29) is 17.9 Å². The van der Waals surface area contributed by atoms with Crippen LogP contribution in [0.15, 0.2) is 36.5 Å². The van der Waals surface area contributed by atoms with Crippen LogP contribution in [0.25, 0.3) is 11.3 Å². The maximum Gasteiger partial charge on any atom is 0.339 e. The Bertz CT molecular complexity index is 799. The largest absolute Gasteiger partial charge is 0.462 e. The van der Waals surface area contributed by atoms with Crippen molar-refractivity contribution in [3.05, 3.63) is 47.7 Å². The summed E-state index contributed by atoms with van der Waals surface area (Å²) in [5.41, 5.74) is 4.36. The summed E-state index contributed by atoms with van der Waals surface area (Å²) in [7, 11) is 0. The number of pyridine rings is 1. The van der Waals surface area contributed by atoms with Crippen molar-refractivity contribution in [2.24, 2.45) is 0 Å². The smallest absolute Gasteiger partial charge is 0.339 e. The zero-order chi connectivity index (χ0) is 18.0. The first kappa shape index (κ1) is 17.1. The fraction of sp³-hybridized carbons (Fsp3) is 0.350. The van der Waals surface area contributed by atoms with E-state index in [1.165, 1.54) is 6.20 Å². The second-order valence-corrected chi connectivity index (χ2v) is 6.27. The van der Waals surface area contributed by atoms with Gasteiger partial charge in [0.15, 0.2) is 0 Å². The van der Waals surface area contributed by atoms with Gasteiger partial charge in [-0.1, -0.05) is 6.07 Å². The van der Waals surface area contributed by atoms with Gasteiger partial charge in [-0.15, -0.1) is 0 Å². The van der Waals surface area contributed by atoms with Crippen molar-refractivity contribution in [3.63, 3.8) is 0 Å². The lowest BCUT2D eigenvalue weighted by molar-refractivity contribution is -0.117. The van der Waals surface area contributed by atoms with E-state index >= 15 is 0 Å². The minimum atomic E-state index is -0.363. The van der Waals surface area contributed by atoms with Gasteiger partial charge < -0.3 is 9.64 Å². The molecule has 0 saturated carbocycles. The van der Waals surface area contributed by atoms with Crippen LogP contribution in [0.4, 0.5) is 5.69 Å². The third kappa shape index (κ3) is 3.40. The molecular weight excluding hydrogens is 316 g/mol. The molecule has 1 aliphatic heterocycles. The topological polar surface area (TPSA) is 59.5 Å². The van der Waals surface area contributed by atoms with Crippen LogP contribution in [0.1, 0.15) is 43.1 Å². The predicted octanol–water partition coefficient (Wildman–Crippen LogP) is 3.61. The van der Waals surface area contributed by atoms with Crippen molar-refractivity contribution in [3.8, 4) is 11.3 Å². The number of hydrogen-bond donors (Lipinski definition) is 0. The van der Waals surface area contributed by atoms with Crippen LogP contribution in [0.5, 0.6) is 0 Å². The summed E-state index contributed by atoms with van der Waals surface area (Å²) >= 11 is 0. The number of aromatic nitrogens is 1. The molecule has 3 rings (SSSR count). The van der Waals surface area contributed by atoms with Gasteiger partial charge in [-0.05, 0) is 56.5 Å². The number of ether oxygens (including phenoxy) is 1. The molecule has 5 heteroatoms. The molecule has 1 atom stereocenters. The zero-order valence-electron chi connectivity index (χ0n) is 14.8. The van der Waals surface area contributed by atoms with Gasteiger partial charge in [-0.3, -0.25) is 9.78 Å². The van der Waals surface area contributed by atoms with Crippen LogP contribution in [0.3, 0.4) is 0 Å². The average Bonchev–Trinajstić information content (AvgIpc) is 2.61. The standard InChI is InChI=1S/C20H22N2O3/c1-4-25-20(24)17-7-9-18(21-12-17)15-8-10-19-16(11-15)6-5-13(2)22(19)14(3)23/h7-13H,4-6H2,1-3H3/t13-/m0/s1. The summed E-state index contributed by atoms with van der Waals surface area (Å²) in [5, 5.41) is 0. The SMILES string of the molecule is CCOC(=O)c1ccc(-c2ccc3c(c2)CC[C@H](C)N3C(C)=O)nc1. The molecule has 1 aromatic carbocycles. The molecule has 2 aromatic rings. The second-order valence-electron chi connectivity index (χ2n) is 6.27. The second kappa shape index (κ2) is 7.05. The molecule has 0 saturated heterocycles. The summed E-state index contributed by atoms with van der Waals surface area (Å²) in [6, 6.07) is 9.81. The quantitative estimate of drug-likeness (QED) is 0.802. The highest BCUT2D eigenvalue weighted by Crippen LogP contribution is 2.33. The van der Waals surface area contributed by atoms with Gasteiger partial charge in [-0.2, -0.15) is 0 Å². The third-order valence-corrected chi connectivity index (χ3v) is 4.52. The Morgan fingerprint density at radius 3 is 2.72 bits per heavy atom. The van der Waals surface area contributed by atoms with Crippen molar-refractivity contribution < 1.29 is 14.3 Å². The summed E-state index contributed by atoms with van der Waals surface area (Å²) in [6.07, 6.45) is 3.43. The first-order valence-corrected chi connectivity index (χ1v) is 8.57. The normalized spacial score (nSPS) is 16.3. The van der Waals surface area contributed by atoms with Crippen molar-refractivity contribution >= 4 is 17.6 Å². The lowest BCUT2D eigenvalue weighted by Gasteiger charge is -2.34. The van der Waals surface area contributed by atoms with Crippen LogP contribution in [0.2, 0.25) is 0 Å². The highest BCUT2D eigenvalue weighted by Gasteiger charge is 2.26. The van der Waals surface area contributed by atoms with Crippen LogP contribution >= 0.6 is 0 Å². The molecule has 1 aliphatic rings. The summed E-state index contributed by atoms with van der Waals surface area (Å²) < 4.78 is 4.98. The fourth-order valence-corrected chi connectivity index (χ4v) is 3.29. The molecule has 0 N–H and O–H groups in total. The van der Waals surface area contributed by atoms with E-state index in [4.69, 9.17) is 4.74 Å². The average molecular weight is 338 g/mol. The number of fused-ring (bicyclic) bond motifs is 1. The number of benzene rings is 1. The Kier molecular flexibility index (Phi) is 4.83. The molecule has 0 aliphatic carbocycles. The summed E-state index contributed by atoms with van der Waals surface area (Å²) in [4.78, 5) is 29.9. The molecule has 0 spiro atoms. The lowest BCUT2D eigenvalue weighted by atomic mass is 9.94. The molecule has 1 aromatic heterocycles. The van der Waals surface area contributed by atoms with Crippen LogP contribution < -0.4 is 4.90 Å². The maximum absolute atomic E-state index is 12.0.